The Morgan fingerprint density at radius 1 is 1.21 bits per heavy atom. The summed E-state index contributed by atoms with van der Waals surface area (Å²) in [5, 5.41) is 3.91. The van der Waals surface area contributed by atoms with Crippen LogP contribution < -0.4 is 10.1 Å². The van der Waals surface area contributed by atoms with Crippen molar-refractivity contribution in [1.82, 2.24) is 9.97 Å². The molecule has 1 N–H and O–H groups in total. The van der Waals surface area contributed by atoms with Gasteiger partial charge in [0.25, 0.3) is 0 Å². The number of nitrogens with zero attached hydrogens (tertiary/aromatic N) is 2. The van der Waals surface area contributed by atoms with Crippen molar-refractivity contribution in [3.63, 3.8) is 0 Å². The number of hydrogen-bond donors (Lipinski definition) is 1. The van der Waals surface area contributed by atoms with Gasteiger partial charge in [-0.25, -0.2) is 0 Å². The first-order valence-electron chi connectivity index (χ1n) is 7.73. The third-order valence-electron chi connectivity index (χ3n) is 3.86. The lowest BCUT2D eigenvalue weighted by Gasteiger charge is -2.14. The lowest BCUT2D eigenvalue weighted by atomic mass is 10.1. The molecule has 2 heterocycles. The maximum Gasteiger partial charge on any atom is 0.228 e. The number of anilines is 1. The highest BCUT2D eigenvalue weighted by Crippen LogP contribution is 2.28. The number of aryl methyl sites for hydroxylation is 2. The molecule has 0 saturated heterocycles. The van der Waals surface area contributed by atoms with Crippen LogP contribution in [-0.2, 0) is 11.2 Å². The molecule has 1 aromatic carbocycles. The molecule has 0 unspecified atom stereocenters. The number of rotatable bonds is 4. The van der Waals surface area contributed by atoms with Crippen molar-refractivity contribution in [2.24, 2.45) is 0 Å². The molecular formula is C19H19N3O2. The van der Waals surface area contributed by atoms with E-state index in [1.807, 2.05) is 50.2 Å². The smallest absolute Gasteiger partial charge is 0.228 e. The summed E-state index contributed by atoms with van der Waals surface area (Å²) >= 11 is 0. The number of ether oxygens (including phenoxy) is 1. The number of methoxy groups -OCH3 is 1. The predicted octanol–water partition coefficient (Wildman–Crippen LogP) is 3.44. The van der Waals surface area contributed by atoms with Crippen molar-refractivity contribution in [2.45, 2.75) is 20.3 Å². The highest BCUT2D eigenvalue weighted by molar-refractivity contribution is 5.96. The monoisotopic (exact) mass is 321 g/mol. The molecule has 0 fully saturated rings. The molecule has 5 heteroatoms. The summed E-state index contributed by atoms with van der Waals surface area (Å²) in [4.78, 5) is 21.2. The summed E-state index contributed by atoms with van der Waals surface area (Å²) in [6, 6.07) is 11.5. The lowest BCUT2D eigenvalue weighted by Crippen LogP contribution is -2.16. The van der Waals surface area contributed by atoms with Crippen molar-refractivity contribution in [1.29, 1.82) is 0 Å². The van der Waals surface area contributed by atoms with E-state index in [9.17, 15) is 4.79 Å². The topological polar surface area (TPSA) is 64.1 Å². The molecule has 5 nitrogen and oxygen atoms in total. The summed E-state index contributed by atoms with van der Waals surface area (Å²) in [6.07, 6.45) is 2.01. The average Bonchev–Trinajstić information content (AvgIpc) is 2.57. The normalized spacial score (nSPS) is 10.6. The minimum Gasteiger partial charge on any atom is -0.494 e. The van der Waals surface area contributed by atoms with Crippen LogP contribution in [-0.4, -0.2) is 23.0 Å². The van der Waals surface area contributed by atoms with Crippen LogP contribution in [0.1, 0.15) is 17.0 Å². The third kappa shape index (κ3) is 3.20. The quantitative estimate of drug-likeness (QED) is 0.799. The van der Waals surface area contributed by atoms with E-state index in [2.05, 4.69) is 15.3 Å². The molecular weight excluding hydrogens is 302 g/mol. The van der Waals surface area contributed by atoms with Crippen LogP contribution >= 0.6 is 0 Å². The molecule has 2 aromatic heterocycles. The van der Waals surface area contributed by atoms with Gasteiger partial charge in [0.05, 0.1) is 24.7 Å². The van der Waals surface area contributed by atoms with Gasteiger partial charge in [0.1, 0.15) is 11.4 Å². The highest BCUT2D eigenvalue weighted by atomic mass is 16.5. The molecule has 0 saturated carbocycles. The molecule has 24 heavy (non-hydrogen) atoms. The van der Waals surface area contributed by atoms with Crippen molar-refractivity contribution < 1.29 is 9.53 Å². The van der Waals surface area contributed by atoms with Crippen molar-refractivity contribution in [3.05, 3.63) is 59.5 Å². The largest absolute Gasteiger partial charge is 0.494 e. The molecule has 0 aliphatic heterocycles. The van der Waals surface area contributed by atoms with E-state index < -0.39 is 0 Å². The van der Waals surface area contributed by atoms with E-state index in [4.69, 9.17) is 4.74 Å². The van der Waals surface area contributed by atoms with Gasteiger partial charge in [0.15, 0.2) is 0 Å². The lowest BCUT2D eigenvalue weighted by molar-refractivity contribution is -0.115. The molecule has 0 spiro atoms. The fraction of sp³-hybridized carbons (Fsp3) is 0.211. The van der Waals surface area contributed by atoms with Gasteiger partial charge in [0, 0.05) is 23.3 Å². The zero-order chi connectivity index (χ0) is 17.1. The van der Waals surface area contributed by atoms with Gasteiger partial charge in [-0.1, -0.05) is 18.2 Å². The van der Waals surface area contributed by atoms with Gasteiger partial charge in [-0.05, 0) is 31.5 Å². The SMILES string of the molecule is COc1cc(C)nc(C)c1NC(=O)Cc1cccc2ncccc12. The molecule has 1 amide bonds. The summed E-state index contributed by atoms with van der Waals surface area (Å²) in [6.45, 7) is 3.75. The summed E-state index contributed by atoms with van der Waals surface area (Å²) < 4.78 is 5.36. The fourth-order valence-corrected chi connectivity index (χ4v) is 2.78. The fourth-order valence-electron chi connectivity index (χ4n) is 2.78. The average molecular weight is 321 g/mol. The Morgan fingerprint density at radius 2 is 2.04 bits per heavy atom. The van der Waals surface area contributed by atoms with Crippen molar-refractivity contribution in [3.8, 4) is 5.75 Å². The van der Waals surface area contributed by atoms with E-state index in [1.165, 1.54) is 0 Å². The second-order valence-electron chi connectivity index (χ2n) is 5.64. The maximum absolute atomic E-state index is 12.5. The van der Waals surface area contributed by atoms with Crippen molar-refractivity contribution >= 4 is 22.5 Å². The Balaban J connectivity index is 1.86. The number of pyridine rings is 2. The van der Waals surface area contributed by atoms with Crippen LogP contribution in [0.25, 0.3) is 10.9 Å². The summed E-state index contributed by atoms with van der Waals surface area (Å²) in [5.74, 6) is 0.506. The van der Waals surface area contributed by atoms with E-state index in [0.29, 0.717) is 11.4 Å². The van der Waals surface area contributed by atoms with Crippen molar-refractivity contribution in [2.75, 3.05) is 12.4 Å². The zero-order valence-electron chi connectivity index (χ0n) is 14.0. The number of hydrogen-bond acceptors (Lipinski definition) is 4. The zero-order valence-corrected chi connectivity index (χ0v) is 14.0. The van der Waals surface area contributed by atoms with Gasteiger partial charge in [-0.3, -0.25) is 14.8 Å². The minimum absolute atomic E-state index is 0.113. The van der Waals surface area contributed by atoms with Gasteiger partial charge < -0.3 is 10.1 Å². The first kappa shape index (κ1) is 15.9. The molecule has 3 aromatic rings. The Hall–Kier alpha value is -2.95. The molecule has 0 atom stereocenters. The van der Waals surface area contributed by atoms with Crippen LogP contribution in [0.2, 0.25) is 0 Å². The highest BCUT2D eigenvalue weighted by Gasteiger charge is 2.14. The van der Waals surface area contributed by atoms with Crippen LogP contribution in [0, 0.1) is 13.8 Å². The number of benzene rings is 1. The van der Waals surface area contributed by atoms with Crippen LogP contribution in [0.15, 0.2) is 42.6 Å². The van der Waals surface area contributed by atoms with Gasteiger partial charge >= 0.3 is 0 Å². The Morgan fingerprint density at radius 3 is 2.83 bits per heavy atom. The van der Waals surface area contributed by atoms with E-state index in [0.717, 1.165) is 27.9 Å². The molecule has 0 aliphatic carbocycles. The Labute approximate surface area is 140 Å². The summed E-state index contributed by atoms with van der Waals surface area (Å²) in [7, 11) is 1.58. The number of carbonyl (C=O) groups excluding carboxylic acids is 1. The second kappa shape index (κ2) is 6.66. The number of aromatic nitrogens is 2. The van der Waals surface area contributed by atoms with Crippen LogP contribution in [0.4, 0.5) is 5.69 Å². The molecule has 3 rings (SSSR count). The second-order valence-corrected chi connectivity index (χ2v) is 5.64. The van der Waals surface area contributed by atoms with Gasteiger partial charge in [0.2, 0.25) is 5.91 Å². The molecule has 0 aliphatic rings. The first-order valence-corrected chi connectivity index (χ1v) is 7.73. The Bertz CT molecular complexity index is 901. The standard InChI is InChI=1S/C19H19N3O2/c1-12-10-17(24-3)19(13(2)21-12)22-18(23)11-14-6-4-8-16-15(14)7-5-9-20-16/h4-10H,11H2,1-3H3,(H,22,23). The molecule has 122 valence electrons. The van der Waals surface area contributed by atoms with Gasteiger partial charge in [-0.15, -0.1) is 0 Å². The predicted molar refractivity (Wildman–Crippen MR) is 94.3 cm³/mol. The number of carbonyl (C=O) groups is 1. The third-order valence-corrected chi connectivity index (χ3v) is 3.86. The molecule has 0 radical (unpaired) electrons. The van der Waals surface area contributed by atoms with Crippen LogP contribution in [0.5, 0.6) is 5.75 Å². The first-order chi connectivity index (χ1) is 11.6. The van der Waals surface area contributed by atoms with E-state index in [1.54, 1.807) is 13.3 Å². The number of nitrogens with one attached hydrogen (secondary N) is 1. The molecule has 0 bridgehead atoms. The Kier molecular flexibility index (Phi) is 4.42. The van der Waals surface area contributed by atoms with E-state index in [-0.39, 0.29) is 12.3 Å². The minimum atomic E-state index is -0.113. The van der Waals surface area contributed by atoms with E-state index >= 15 is 0 Å². The van der Waals surface area contributed by atoms with Crippen LogP contribution in [0.3, 0.4) is 0 Å². The maximum atomic E-state index is 12.5. The number of amides is 1. The summed E-state index contributed by atoms with van der Waals surface area (Å²) in [5.41, 5.74) is 4.03. The van der Waals surface area contributed by atoms with Gasteiger partial charge in [-0.2, -0.15) is 0 Å². The number of fused-ring (bicyclic) bond motifs is 1.